The van der Waals surface area contributed by atoms with Gasteiger partial charge in [0, 0.05) is 52.0 Å². The van der Waals surface area contributed by atoms with Crippen LogP contribution in [0, 0.1) is 11.8 Å². The van der Waals surface area contributed by atoms with Crippen LogP contribution in [0.25, 0.3) is 0 Å². The summed E-state index contributed by atoms with van der Waals surface area (Å²) < 4.78 is 33.0. The number of carbonyl (C=O) groups is 1. The number of hydrogen-bond acceptors (Lipinski definition) is 5. The summed E-state index contributed by atoms with van der Waals surface area (Å²) in [6, 6.07) is 12.4. The SMILES string of the molecule is COc1cccc(S(=O)(=O)N2CCC(CC3CCN(c4ccc(C(=O)N(C)C)c(Cl)c4)CC3)CC2)c1. The molecule has 0 N–H and O–H groups in total. The highest BCUT2D eigenvalue weighted by Gasteiger charge is 2.31. The van der Waals surface area contributed by atoms with E-state index in [9.17, 15) is 13.2 Å². The van der Waals surface area contributed by atoms with E-state index < -0.39 is 10.0 Å². The van der Waals surface area contributed by atoms with Gasteiger partial charge in [-0.1, -0.05) is 17.7 Å². The molecule has 4 rings (SSSR count). The first kappa shape index (κ1) is 26.8. The topological polar surface area (TPSA) is 70.2 Å². The highest BCUT2D eigenvalue weighted by Crippen LogP contribution is 2.34. The van der Waals surface area contributed by atoms with Crippen LogP contribution in [0.3, 0.4) is 0 Å². The van der Waals surface area contributed by atoms with Crippen LogP contribution in [0.15, 0.2) is 47.4 Å². The number of hydrogen-bond donors (Lipinski definition) is 0. The molecule has 2 aliphatic rings. The van der Waals surface area contributed by atoms with E-state index in [1.807, 2.05) is 18.2 Å². The Labute approximate surface area is 220 Å². The summed E-state index contributed by atoms with van der Waals surface area (Å²) in [5.41, 5.74) is 1.59. The third-order valence-corrected chi connectivity index (χ3v) is 9.70. The molecule has 2 aromatic rings. The molecule has 0 bridgehead atoms. The summed E-state index contributed by atoms with van der Waals surface area (Å²) in [7, 11) is 1.49. The van der Waals surface area contributed by atoms with E-state index in [1.165, 1.54) is 4.90 Å². The summed E-state index contributed by atoms with van der Waals surface area (Å²) in [6.07, 6.45) is 5.18. The van der Waals surface area contributed by atoms with Gasteiger partial charge in [-0.15, -0.1) is 0 Å². The van der Waals surface area contributed by atoms with Gasteiger partial charge in [0.15, 0.2) is 0 Å². The Kier molecular flexibility index (Phi) is 8.48. The van der Waals surface area contributed by atoms with Crippen LogP contribution in [-0.4, -0.2) is 70.9 Å². The molecule has 196 valence electrons. The van der Waals surface area contributed by atoms with Crippen molar-refractivity contribution in [2.24, 2.45) is 11.8 Å². The lowest BCUT2D eigenvalue weighted by atomic mass is 9.83. The van der Waals surface area contributed by atoms with Gasteiger partial charge in [0.25, 0.3) is 5.91 Å². The fourth-order valence-corrected chi connectivity index (χ4v) is 7.07. The first-order valence-electron chi connectivity index (χ1n) is 12.6. The van der Waals surface area contributed by atoms with Crippen molar-refractivity contribution in [1.82, 2.24) is 9.21 Å². The lowest BCUT2D eigenvalue weighted by Gasteiger charge is -2.37. The van der Waals surface area contributed by atoms with Gasteiger partial charge in [0.1, 0.15) is 5.75 Å². The van der Waals surface area contributed by atoms with Gasteiger partial charge in [-0.2, -0.15) is 4.31 Å². The zero-order chi connectivity index (χ0) is 25.9. The number of piperidine rings is 2. The second-order valence-corrected chi connectivity index (χ2v) is 12.4. The molecule has 2 aromatic carbocycles. The molecule has 0 spiro atoms. The first-order valence-corrected chi connectivity index (χ1v) is 14.4. The summed E-state index contributed by atoms with van der Waals surface area (Å²) in [5.74, 6) is 1.67. The zero-order valence-electron chi connectivity index (χ0n) is 21.3. The summed E-state index contributed by atoms with van der Waals surface area (Å²) in [5, 5.41) is 0.490. The Morgan fingerprint density at radius 2 is 1.64 bits per heavy atom. The number of benzene rings is 2. The number of anilines is 1. The predicted molar refractivity (Wildman–Crippen MR) is 144 cm³/mol. The molecule has 0 aromatic heterocycles. The Bertz CT molecular complexity index is 1170. The first-order chi connectivity index (χ1) is 17.2. The van der Waals surface area contributed by atoms with Crippen LogP contribution < -0.4 is 9.64 Å². The smallest absolute Gasteiger partial charge is 0.254 e. The molecule has 2 heterocycles. The average molecular weight is 534 g/mol. The van der Waals surface area contributed by atoms with Crippen LogP contribution in [0.5, 0.6) is 5.75 Å². The predicted octanol–water partition coefficient (Wildman–Crippen LogP) is 4.76. The molecule has 2 saturated heterocycles. The molecule has 36 heavy (non-hydrogen) atoms. The van der Waals surface area contributed by atoms with Crippen LogP contribution in [-0.2, 0) is 10.0 Å². The number of methoxy groups -OCH3 is 1. The normalized spacial score (nSPS) is 18.3. The third-order valence-electron chi connectivity index (χ3n) is 7.49. The number of carbonyl (C=O) groups excluding carboxylic acids is 1. The average Bonchev–Trinajstić information content (AvgIpc) is 2.89. The Hall–Kier alpha value is -2.29. The number of ether oxygens (including phenoxy) is 1. The Morgan fingerprint density at radius 3 is 2.22 bits per heavy atom. The van der Waals surface area contributed by atoms with Crippen molar-refractivity contribution in [3.8, 4) is 5.75 Å². The molecule has 7 nitrogen and oxygen atoms in total. The highest BCUT2D eigenvalue weighted by atomic mass is 35.5. The maximum absolute atomic E-state index is 13.1. The highest BCUT2D eigenvalue weighted by molar-refractivity contribution is 7.89. The van der Waals surface area contributed by atoms with Gasteiger partial charge in [-0.3, -0.25) is 4.79 Å². The number of sulfonamides is 1. The standard InChI is InChI=1S/C27H36ClN3O4S/c1-29(2)27(32)25-8-7-22(18-26(25)28)30-13-9-20(10-14-30)17-21-11-15-31(16-12-21)36(33,34)24-6-4-5-23(19-24)35-3/h4-8,18-21H,9-17H2,1-3H3. The molecule has 1 amide bonds. The molecule has 0 radical (unpaired) electrons. The minimum Gasteiger partial charge on any atom is -0.497 e. The number of rotatable bonds is 7. The second kappa shape index (κ2) is 11.4. The van der Waals surface area contributed by atoms with Crippen molar-refractivity contribution in [2.75, 3.05) is 52.3 Å². The second-order valence-electron chi connectivity index (χ2n) is 10.1. The molecule has 0 aliphatic carbocycles. The molecular formula is C27H36ClN3O4S. The third kappa shape index (κ3) is 5.98. The summed E-state index contributed by atoms with van der Waals surface area (Å²) in [4.78, 5) is 16.4. The van der Waals surface area contributed by atoms with E-state index in [-0.39, 0.29) is 5.91 Å². The summed E-state index contributed by atoms with van der Waals surface area (Å²) >= 11 is 6.42. The lowest BCUT2D eigenvalue weighted by molar-refractivity contribution is 0.0828. The Morgan fingerprint density at radius 1 is 1.00 bits per heavy atom. The van der Waals surface area contributed by atoms with Crippen LogP contribution in [0.2, 0.25) is 5.02 Å². The van der Waals surface area contributed by atoms with E-state index in [1.54, 1.807) is 49.8 Å². The number of nitrogens with zero attached hydrogens (tertiary/aromatic N) is 3. The van der Waals surface area contributed by atoms with E-state index >= 15 is 0 Å². The van der Waals surface area contributed by atoms with Crippen molar-refractivity contribution < 1.29 is 17.9 Å². The van der Waals surface area contributed by atoms with E-state index in [2.05, 4.69) is 4.90 Å². The maximum atomic E-state index is 13.1. The maximum Gasteiger partial charge on any atom is 0.254 e. The van der Waals surface area contributed by atoms with Gasteiger partial charge in [0.2, 0.25) is 10.0 Å². The Balaban J connectivity index is 1.27. The van der Waals surface area contributed by atoms with Crippen molar-refractivity contribution in [3.63, 3.8) is 0 Å². The van der Waals surface area contributed by atoms with Crippen molar-refractivity contribution in [1.29, 1.82) is 0 Å². The zero-order valence-corrected chi connectivity index (χ0v) is 22.9. The molecular weight excluding hydrogens is 498 g/mol. The van der Waals surface area contributed by atoms with E-state index in [0.29, 0.717) is 46.2 Å². The molecule has 0 saturated carbocycles. The van der Waals surface area contributed by atoms with Crippen LogP contribution in [0.1, 0.15) is 42.5 Å². The number of amides is 1. The molecule has 0 unspecified atom stereocenters. The van der Waals surface area contributed by atoms with Crippen LogP contribution >= 0.6 is 11.6 Å². The fraction of sp³-hybridized carbons (Fsp3) is 0.519. The molecule has 0 atom stereocenters. The van der Waals surface area contributed by atoms with Crippen molar-refractivity contribution in [3.05, 3.63) is 53.1 Å². The molecule has 2 aliphatic heterocycles. The van der Waals surface area contributed by atoms with Crippen LogP contribution in [0.4, 0.5) is 5.69 Å². The van der Waals surface area contributed by atoms with Crippen molar-refractivity contribution in [2.45, 2.75) is 37.0 Å². The van der Waals surface area contributed by atoms with Gasteiger partial charge in [-0.05, 0) is 74.3 Å². The number of halogens is 1. The minimum atomic E-state index is -3.49. The minimum absolute atomic E-state index is 0.0902. The van der Waals surface area contributed by atoms with Gasteiger partial charge in [-0.25, -0.2) is 8.42 Å². The monoisotopic (exact) mass is 533 g/mol. The lowest BCUT2D eigenvalue weighted by Crippen LogP contribution is -2.39. The molecule has 2 fully saturated rings. The van der Waals surface area contributed by atoms with Gasteiger partial charge in [0.05, 0.1) is 22.6 Å². The summed E-state index contributed by atoms with van der Waals surface area (Å²) in [6.45, 7) is 3.06. The fourth-order valence-electron chi connectivity index (χ4n) is 5.31. The van der Waals surface area contributed by atoms with Crippen molar-refractivity contribution >= 4 is 33.2 Å². The largest absolute Gasteiger partial charge is 0.497 e. The van der Waals surface area contributed by atoms with Gasteiger partial charge < -0.3 is 14.5 Å². The molecule has 9 heteroatoms. The quantitative estimate of drug-likeness (QED) is 0.513. The van der Waals surface area contributed by atoms with Gasteiger partial charge >= 0.3 is 0 Å². The van der Waals surface area contributed by atoms with E-state index in [0.717, 1.165) is 50.9 Å². The van der Waals surface area contributed by atoms with E-state index in [4.69, 9.17) is 16.3 Å².